The fourth-order valence-electron chi connectivity index (χ4n) is 6.45. The summed E-state index contributed by atoms with van der Waals surface area (Å²) in [4.78, 5) is 54.0. The van der Waals surface area contributed by atoms with E-state index in [-0.39, 0.29) is 39.1 Å². The largest absolute Gasteiger partial charge is 0.465 e. The fourth-order valence-corrected chi connectivity index (χ4v) is 6.45. The molecule has 0 bridgehead atoms. The predicted molar refractivity (Wildman–Crippen MR) is 188 cm³/mol. The third-order valence-electron chi connectivity index (χ3n) is 9.47. The van der Waals surface area contributed by atoms with E-state index >= 15 is 0 Å². The van der Waals surface area contributed by atoms with Gasteiger partial charge in [0, 0.05) is 24.5 Å². The van der Waals surface area contributed by atoms with Crippen LogP contribution in [0.1, 0.15) is 44.7 Å². The quantitative estimate of drug-likeness (QED) is 0.0414. The smallest absolute Gasteiger partial charge is 0.337 e. The van der Waals surface area contributed by atoms with Gasteiger partial charge >= 0.3 is 11.9 Å². The minimum atomic E-state index is -1.73. The van der Waals surface area contributed by atoms with E-state index in [0.717, 1.165) is 11.1 Å². The van der Waals surface area contributed by atoms with Crippen molar-refractivity contribution in [2.75, 3.05) is 47.1 Å². The number of aliphatic hydroxyl groups excluding tert-OH is 4. The number of benzene rings is 2. The van der Waals surface area contributed by atoms with Gasteiger partial charge in [-0.05, 0) is 66.6 Å². The predicted octanol–water partition coefficient (Wildman–Crippen LogP) is 0.184. The van der Waals surface area contributed by atoms with E-state index < -0.39 is 85.1 Å². The highest BCUT2D eigenvalue weighted by Crippen LogP contribution is 2.36. The number of ether oxygens (including phenoxy) is 5. The zero-order valence-electron chi connectivity index (χ0n) is 30.0. The van der Waals surface area contributed by atoms with Gasteiger partial charge in [0.2, 0.25) is 11.8 Å². The van der Waals surface area contributed by atoms with Crippen molar-refractivity contribution in [2.24, 2.45) is 17.0 Å². The van der Waals surface area contributed by atoms with Crippen molar-refractivity contribution in [1.82, 2.24) is 10.6 Å². The van der Waals surface area contributed by atoms with E-state index in [2.05, 4.69) is 20.7 Å². The number of carbonyl (C=O) groups excluding carboxylic acids is 4. The van der Waals surface area contributed by atoms with Crippen molar-refractivity contribution in [1.29, 1.82) is 0 Å². The summed E-state index contributed by atoms with van der Waals surface area (Å²) in [6, 6.07) is 13.4. The molecule has 2 aliphatic rings. The number of hydrogen-bond donors (Lipinski definition) is 6. The van der Waals surface area contributed by atoms with Gasteiger partial charge in [-0.15, -0.1) is 0 Å². The first-order valence-electron chi connectivity index (χ1n) is 17.5. The molecule has 2 fully saturated rings. The molecule has 2 amide bonds. The van der Waals surface area contributed by atoms with Gasteiger partial charge in [0.05, 0.1) is 62.6 Å². The van der Waals surface area contributed by atoms with Crippen molar-refractivity contribution in [3.8, 4) is 0 Å². The number of methoxy groups -OCH3 is 2. The van der Waals surface area contributed by atoms with Crippen LogP contribution < -0.4 is 10.6 Å². The summed E-state index contributed by atoms with van der Waals surface area (Å²) in [5.74, 6) is -3.75. The summed E-state index contributed by atoms with van der Waals surface area (Å²) in [7, 11) is 2.57. The first-order chi connectivity index (χ1) is 26.0. The Morgan fingerprint density at radius 3 is 1.76 bits per heavy atom. The maximum Gasteiger partial charge on any atom is 0.337 e. The average molecular weight is 758 g/mol. The number of nitrogens with one attached hydrogen (secondary N) is 2. The highest BCUT2D eigenvalue weighted by molar-refractivity contribution is 5.90. The van der Waals surface area contributed by atoms with Crippen LogP contribution >= 0.6 is 0 Å². The number of amides is 2. The molecule has 4 rings (SSSR count). The van der Waals surface area contributed by atoms with E-state index in [1.165, 1.54) is 14.2 Å². The van der Waals surface area contributed by atoms with Crippen LogP contribution in [0.2, 0.25) is 0 Å². The third kappa shape index (κ3) is 11.2. The van der Waals surface area contributed by atoms with Gasteiger partial charge in [0.1, 0.15) is 24.4 Å². The van der Waals surface area contributed by atoms with E-state index in [0.29, 0.717) is 24.0 Å². The van der Waals surface area contributed by atoms with Gasteiger partial charge < -0.3 is 54.7 Å². The minimum absolute atomic E-state index is 0.0366. The molecule has 1 aliphatic heterocycles. The SMILES string of the molecule is COC(=O)c1ccc(CCNC(=O)[C@H]2C[C@H](OCCN=[N+]=[N-])[C@@H](O[C@H]3O[C@H](CO)[C@@H](O)[C@H](O)[C@@H]3O)C[C@@H]2C(=O)NCCc2ccc(C(=O)OC)cc2)cc1. The summed E-state index contributed by atoms with van der Waals surface area (Å²) < 4.78 is 27.1. The molecule has 18 nitrogen and oxygen atoms in total. The number of nitrogens with zero attached hydrogens (tertiary/aromatic N) is 3. The Kier molecular flexibility index (Phi) is 16.1. The number of rotatable bonds is 17. The molecule has 1 saturated heterocycles. The fraction of sp³-hybridized carbons (Fsp3) is 0.556. The van der Waals surface area contributed by atoms with Crippen LogP contribution in [0.25, 0.3) is 10.4 Å². The summed E-state index contributed by atoms with van der Waals surface area (Å²) in [6.07, 6.45) is -9.07. The first kappa shape index (κ1) is 42.1. The monoisotopic (exact) mass is 757 g/mol. The summed E-state index contributed by atoms with van der Waals surface area (Å²) in [5, 5.41) is 50.3. The van der Waals surface area contributed by atoms with Gasteiger partial charge in [-0.2, -0.15) is 0 Å². The number of carbonyl (C=O) groups is 4. The van der Waals surface area contributed by atoms with Crippen LogP contribution in [0.5, 0.6) is 0 Å². The zero-order valence-corrected chi connectivity index (χ0v) is 30.0. The van der Waals surface area contributed by atoms with Crippen molar-refractivity contribution in [3.63, 3.8) is 0 Å². The number of aliphatic hydroxyl groups is 4. The summed E-state index contributed by atoms with van der Waals surface area (Å²) >= 11 is 0. The Hall–Kier alpha value is -4.65. The van der Waals surface area contributed by atoms with Crippen molar-refractivity contribution in [2.45, 2.75) is 68.6 Å². The molecule has 9 atom stereocenters. The first-order valence-corrected chi connectivity index (χ1v) is 17.5. The van der Waals surface area contributed by atoms with Crippen LogP contribution in [0, 0.1) is 11.8 Å². The molecular weight excluding hydrogens is 710 g/mol. The van der Waals surface area contributed by atoms with Crippen LogP contribution in [-0.4, -0.2) is 134 Å². The van der Waals surface area contributed by atoms with E-state index in [1.54, 1.807) is 48.5 Å². The molecule has 0 unspecified atom stereocenters. The Bertz CT molecular complexity index is 1600. The molecule has 1 heterocycles. The van der Waals surface area contributed by atoms with Crippen LogP contribution in [0.3, 0.4) is 0 Å². The zero-order chi connectivity index (χ0) is 39.2. The Balaban J connectivity index is 1.51. The molecule has 294 valence electrons. The van der Waals surface area contributed by atoms with Gasteiger partial charge in [-0.25, -0.2) is 9.59 Å². The molecule has 6 N–H and O–H groups in total. The van der Waals surface area contributed by atoms with Gasteiger partial charge in [-0.1, -0.05) is 29.4 Å². The molecule has 18 heteroatoms. The van der Waals surface area contributed by atoms with Crippen LogP contribution in [-0.2, 0) is 46.1 Å². The Labute approximate surface area is 311 Å². The second-order valence-corrected chi connectivity index (χ2v) is 12.9. The van der Waals surface area contributed by atoms with Gasteiger partial charge in [0.25, 0.3) is 0 Å². The molecule has 1 saturated carbocycles. The van der Waals surface area contributed by atoms with E-state index in [9.17, 15) is 39.6 Å². The molecular formula is C36H47N5O13. The molecule has 0 radical (unpaired) electrons. The van der Waals surface area contributed by atoms with Crippen molar-refractivity contribution in [3.05, 3.63) is 81.2 Å². The maximum atomic E-state index is 13.9. The number of hydrogen-bond acceptors (Lipinski definition) is 14. The second-order valence-electron chi connectivity index (χ2n) is 12.9. The lowest BCUT2D eigenvalue weighted by molar-refractivity contribution is -0.321. The average Bonchev–Trinajstić information content (AvgIpc) is 3.19. The summed E-state index contributed by atoms with van der Waals surface area (Å²) in [6.45, 7) is -0.403. The van der Waals surface area contributed by atoms with E-state index in [1.807, 2.05) is 0 Å². The maximum absolute atomic E-state index is 13.9. The van der Waals surface area contributed by atoms with Crippen LogP contribution in [0.15, 0.2) is 53.6 Å². The third-order valence-corrected chi connectivity index (χ3v) is 9.47. The Morgan fingerprint density at radius 1 is 0.796 bits per heavy atom. The lowest BCUT2D eigenvalue weighted by Gasteiger charge is -2.44. The van der Waals surface area contributed by atoms with Gasteiger partial charge in [0.15, 0.2) is 6.29 Å². The van der Waals surface area contributed by atoms with Crippen molar-refractivity contribution >= 4 is 23.8 Å². The minimum Gasteiger partial charge on any atom is -0.465 e. The highest BCUT2D eigenvalue weighted by atomic mass is 16.7. The Morgan fingerprint density at radius 2 is 1.30 bits per heavy atom. The normalized spacial score (nSPS) is 26.5. The summed E-state index contributed by atoms with van der Waals surface area (Å²) in [5.41, 5.74) is 11.2. The molecule has 0 aromatic heterocycles. The molecule has 0 spiro atoms. The molecule has 54 heavy (non-hydrogen) atoms. The second kappa shape index (κ2) is 20.7. The van der Waals surface area contributed by atoms with Crippen molar-refractivity contribution < 1.29 is 63.3 Å². The highest BCUT2D eigenvalue weighted by Gasteiger charge is 2.49. The van der Waals surface area contributed by atoms with Crippen LogP contribution in [0.4, 0.5) is 0 Å². The number of azide groups is 1. The number of esters is 2. The molecule has 2 aromatic carbocycles. The molecule has 1 aliphatic carbocycles. The standard InChI is InChI=1S/C36H47N5O13/c1-50-34(48)22-7-3-20(4-8-22)11-13-38-32(46)24-17-26(52-16-15-40-41-37)27(53-36-31(45)30(44)29(43)28(19-42)54-36)18-25(24)33(47)39-14-12-21-5-9-23(10-6-21)35(49)51-2/h3-10,24-31,36,42-45H,11-19H2,1-2H3,(H,38,46)(H,39,47)/t24-,25-,26-,27-,28+,29+,30-,31-,36-/m0/s1. The topological polar surface area (TPSA) is 268 Å². The lowest BCUT2D eigenvalue weighted by Crippen LogP contribution is -2.61. The van der Waals surface area contributed by atoms with Gasteiger partial charge in [-0.3, -0.25) is 9.59 Å². The lowest BCUT2D eigenvalue weighted by atomic mass is 9.75. The molecule has 2 aromatic rings. The van der Waals surface area contributed by atoms with E-state index in [4.69, 9.17) is 29.2 Å².